The summed E-state index contributed by atoms with van der Waals surface area (Å²) in [5.41, 5.74) is 0.986. The molecule has 0 aliphatic carbocycles. The van der Waals surface area contributed by atoms with Crippen LogP contribution in [0.2, 0.25) is 0 Å². The van der Waals surface area contributed by atoms with Crippen molar-refractivity contribution in [2.24, 2.45) is 4.99 Å². The van der Waals surface area contributed by atoms with Gasteiger partial charge in [0.2, 0.25) is 0 Å². The monoisotopic (exact) mass is 96.1 g/mol. The van der Waals surface area contributed by atoms with Crippen LogP contribution in [-0.2, 0) is 0 Å². The maximum absolute atomic E-state index is 3.98. The van der Waals surface area contributed by atoms with Crippen molar-refractivity contribution in [2.75, 3.05) is 0 Å². The summed E-state index contributed by atoms with van der Waals surface area (Å²) in [6, 6.07) is 0.278. The van der Waals surface area contributed by atoms with E-state index in [1.807, 2.05) is 6.92 Å². The summed E-state index contributed by atoms with van der Waals surface area (Å²) in [4.78, 5) is 3.98. The minimum atomic E-state index is 0.278. The molecule has 0 aromatic carbocycles. The third-order valence-corrected chi connectivity index (χ3v) is 1.05. The topological polar surface area (TPSA) is 24.4 Å². The maximum Gasteiger partial charge on any atom is 0.0881 e. The van der Waals surface area contributed by atoms with Crippen LogP contribution in [0.4, 0.5) is 0 Å². The third kappa shape index (κ3) is 0.633. The molecular formula is C5H8N2. The summed E-state index contributed by atoms with van der Waals surface area (Å²) in [5, 5.41) is 2.88. The fourth-order valence-corrected chi connectivity index (χ4v) is 0.443. The Morgan fingerprint density at radius 2 is 2.71 bits per heavy atom. The Bertz CT molecular complexity index is 115. The lowest BCUT2D eigenvalue weighted by Crippen LogP contribution is -2.07. The highest BCUT2D eigenvalue weighted by molar-refractivity contribution is 5.61. The van der Waals surface area contributed by atoms with E-state index in [1.54, 1.807) is 6.34 Å². The Labute approximate surface area is 42.9 Å². The van der Waals surface area contributed by atoms with Gasteiger partial charge in [0.15, 0.2) is 0 Å². The molecule has 0 aromatic rings. The van der Waals surface area contributed by atoms with E-state index in [-0.39, 0.29) is 6.04 Å². The third-order valence-electron chi connectivity index (χ3n) is 1.05. The van der Waals surface area contributed by atoms with Gasteiger partial charge in [0.1, 0.15) is 0 Å². The average molecular weight is 96.1 g/mol. The van der Waals surface area contributed by atoms with Gasteiger partial charge in [0, 0.05) is 5.70 Å². The van der Waals surface area contributed by atoms with Crippen molar-refractivity contribution in [3.8, 4) is 0 Å². The largest absolute Gasteiger partial charge is 0.349 e. The molecule has 1 rings (SSSR count). The van der Waals surface area contributed by atoms with E-state index >= 15 is 0 Å². The zero-order valence-electron chi connectivity index (χ0n) is 4.31. The van der Waals surface area contributed by atoms with Crippen LogP contribution in [-0.4, -0.2) is 12.4 Å². The molecule has 0 radical (unpaired) electrons. The maximum atomic E-state index is 3.98. The highest BCUT2D eigenvalue weighted by Gasteiger charge is 2.05. The van der Waals surface area contributed by atoms with Gasteiger partial charge >= 0.3 is 0 Å². The van der Waals surface area contributed by atoms with E-state index < -0.39 is 0 Å². The molecule has 0 saturated carbocycles. The van der Waals surface area contributed by atoms with Crippen LogP contribution in [0, 0.1) is 0 Å². The summed E-state index contributed by atoms with van der Waals surface area (Å²) in [5.74, 6) is 0. The first-order valence-corrected chi connectivity index (χ1v) is 2.27. The van der Waals surface area contributed by atoms with Crippen molar-refractivity contribution < 1.29 is 0 Å². The van der Waals surface area contributed by atoms with Crippen molar-refractivity contribution in [1.82, 2.24) is 5.32 Å². The van der Waals surface area contributed by atoms with E-state index in [0.717, 1.165) is 5.70 Å². The fraction of sp³-hybridized carbons (Fsp3) is 0.400. The first kappa shape index (κ1) is 4.37. The van der Waals surface area contributed by atoms with Gasteiger partial charge < -0.3 is 5.32 Å². The Kier molecular flexibility index (Phi) is 0.855. The molecule has 0 saturated heterocycles. The number of hydrogen-bond acceptors (Lipinski definition) is 2. The predicted octanol–water partition coefficient (Wildman–Crippen LogP) is 0.520. The van der Waals surface area contributed by atoms with Gasteiger partial charge in [0.25, 0.3) is 0 Å². The molecule has 7 heavy (non-hydrogen) atoms. The zero-order valence-corrected chi connectivity index (χ0v) is 4.31. The standard InChI is InChI=1S/C5H8N2/c1-4-5(2)7-3-6-4/h3,5H,1H2,2H3,(H,6,7). The lowest BCUT2D eigenvalue weighted by molar-refractivity contribution is 0.877. The molecule has 1 aliphatic rings. The van der Waals surface area contributed by atoms with Crippen molar-refractivity contribution >= 4 is 6.34 Å². The van der Waals surface area contributed by atoms with Crippen LogP contribution >= 0.6 is 0 Å². The molecule has 0 fully saturated rings. The summed E-state index contributed by atoms with van der Waals surface area (Å²) < 4.78 is 0. The summed E-state index contributed by atoms with van der Waals surface area (Å²) >= 11 is 0. The number of nitrogens with one attached hydrogen (secondary N) is 1. The normalized spacial score (nSPS) is 28.1. The lowest BCUT2D eigenvalue weighted by Gasteiger charge is -1.96. The molecule has 2 heteroatoms. The van der Waals surface area contributed by atoms with E-state index in [4.69, 9.17) is 0 Å². The smallest absolute Gasteiger partial charge is 0.0881 e. The Morgan fingerprint density at radius 1 is 2.00 bits per heavy atom. The predicted molar refractivity (Wildman–Crippen MR) is 30.2 cm³/mol. The second kappa shape index (κ2) is 1.37. The first-order chi connectivity index (χ1) is 3.30. The molecule has 1 N–H and O–H groups in total. The molecule has 1 heterocycles. The highest BCUT2D eigenvalue weighted by atomic mass is 15.1. The molecule has 0 aromatic heterocycles. The number of nitrogens with zero attached hydrogens (tertiary/aromatic N) is 1. The van der Waals surface area contributed by atoms with Crippen molar-refractivity contribution in [3.63, 3.8) is 0 Å². The van der Waals surface area contributed by atoms with Crippen LogP contribution in [0.3, 0.4) is 0 Å². The van der Waals surface area contributed by atoms with Gasteiger partial charge in [-0.1, -0.05) is 6.58 Å². The summed E-state index contributed by atoms with van der Waals surface area (Å²) in [6.45, 7) is 5.70. The van der Waals surface area contributed by atoms with E-state index in [2.05, 4.69) is 16.9 Å². The molecule has 38 valence electrons. The SMILES string of the molecule is C=C1NC=NC1C. The van der Waals surface area contributed by atoms with Crippen molar-refractivity contribution in [3.05, 3.63) is 12.3 Å². The van der Waals surface area contributed by atoms with Crippen molar-refractivity contribution in [2.45, 2.75) is 13.0 Å². The molecule has 0 amide bonds. The first-order valence-electron chi connectivity index (χ1n) is 2.27. The lowest BCUT2D eigenvalue weighted by atomic mass is 10.3. The minimum absolute atomic E-state index is 0.278. The summed E-state index contributed by atoms with van der Waals surface area (Å²) in [7, 11) is 0. The quantitative estimate of drug-likeness (QED) is 0.467. The number of rotatable bonds is 0. The Morgan fingerprint density at radius 3 is 2.86 bits per heavy atom. The van der Waals surface area contributed by atoms with E-state index in [9.17, 15) is 0 Å². The van der Waals surface area contributed by atoms with Crippen LogP contribution in [0.25, 0.3) is 0 Å². The van der Waals surface area contributed by atoms with Crippen LogP contribution in [0.1, 0.15) is 6.92 Å². The van der Waals surface area contributed by atoms with Gasteiger partial charge in [-0.3, -0.25) is 4.99 Å². The molecular weight excluding hydrogens is 88.1 g/mol. The Balaban J connectivity index is 2.62. The number of aliphatic imine (C=N–C) groups is 1. The molecule has 1 aliphatic heterocycles. The van der Waals surface area contributed by atoms with Crippen LogP contribution < -0.4 is 5.32 Å². The second-order valence-corrected chi connectivity index (χ2v) is 1.62. The van der Waals surface area contributed by atoms with Crippen LogP contribution in [0.15, 0.2) is 17.3 Å². The summed E-state index contributed by atoms with van der Waals surface area (Å²) in [6.07, 6.45) is 1.67. The Hall–Kier alpha value is -0.790. The molecule has 0 bridgehead atoms. The van der Waals surface area contributed by atoms with Gasteiger partial charge in [-0.25, -0.2) is 0 Å². The van der Waals surface area contributed by atoms with Gasteiger partial charge in [-0.05, 0) is 6.92 Å². The number of hydrogen-bond donors (Lipinski definition) is 1. The minimum Gasteiger partial charge on any atom is -0.349 e. The molecule has 2 nitrogen and oxygen atoms in total. The van der Waals surface area contributed by atoms with Crippen molar-refractivity contribution in [1.29, 1.82) is 0 Å². The van der Waals surface area contributed by atoms with Crippen LogP contribution in [0.5, 0.6) is 0 Å². The average Bonchev–Trinajstić information content (AvgIpc) is 1.91. The van der Waals surface area contributed by atoms with Gasteiger partial charge in [-0.2, -0.15) is 0 Å². The van der Waals surface area contributed by atoms with Gasteiger partial charge in [0.05, 0.1) is 12.4 Å². The van der Waals surface area contributed by atoms with E-state index in [0.29, 0.717) is 0 Å². The van der Waals surface area contributed by atoms with Gasteiger partial charge in [-0.15, -0.1) is 0 Å². The molecule has 1 unspecified atom stereocenters. The zero-order chi connectivity index (χ0) is 5.28. The molecule has 1 atom stereocenters. The molecule has 0 spiro atoms. The fourth-order valence-electron chi connectivity index (χ4n) is 0.443. The van der Waals surface area contributed by atoms with E-state index in [1.165, 1.54) is 0 Å². The highest BCUT2D eigenvalue weighted by Crippen LogP contribution is 2.01. The second-order valence-electron chi connectivity index (χ2n) is 1.62.